The first kappa shape index (κ1) is 16.8. The van der Waals surface area contributed by atoms with Crippen molar-refractivity contribution in [3.05, 3.63) is 47.0 Å². The van der Waals surface area contributed by atoms with Crippen LogP contribution in [0.5, 0.6) is 17.2 Å². The first-order chi connectivity index (χ1) is 12.0. The van der Waals surface area contributed by atoms with Crippen molar-refractivity contribution in [1.82, 2.24) is 20.2 Å². The van der Waals surface area contributed by atoms with E-state index in [-0.39, 0.29) is 0 Å². The lowest BCUT2D eigenvalue weighted by molar-refractivity contribution is 0.355. The minimum Gasteiger partial charge on any atom is -0.508 e. The molecule has 0 fully saturated rings. The summed E-state index contributed by atoms with van der Waals surface area (Å²) in [6, 6.07) is 9.16. The molecule has 1 N–H and O–H groups in total. The molecule has 3 rings (SSSR count). The minimum atomic E-state index is 0.291. The number of tetrazole rings is 1. The van der Waals surface area contributed by atoms with E-state index >= 15 is 0 Å². The lowest BCUT2D eigenvalue weighted by atomic mass is 10.0. The summed E-state index contributed by atoms with van der Waals surface area (Å²) in [5.41, 5.74) is 3.63. The van der Waals surface area contributed by atoms with Crippen molar-refractivity contribution in [2.24, 2.45) is 0 Å². The van der Waals surface area contributed by atoms with Gasteiger partial charge in [-0.05, 0) is 60.0 Å². The Balaban J connectivity index is 1.87. The quantitative estimate of drug-likeness (QED) is 0.769. The molecule has 0 amide bonds. The molecule has 0 saturated carbocycles. The summed E-state index contributed by atoms with van der Waals surface area (Å²) in [5.74, 6) is 2.06. The number of hydrogen-bond donors (Lipinski definition) is 1. The van der Waals surface area contributed by atoms with Crippen LogP contribution in [0.25, 0.3) is 11.4 Å². The molecule has 2 aromatic carbocycles. The Morgan fingerprint density at radius 2 is 1.76 bits per heavy atom. The molecule has 0 aliphatic carbocycles. The van der Waals surface area contributed by atoms with Crippen molar-refractivity contribution in [3.8, 4) is 28.6 Å². The molecule has 0 unspecified atom stereocenters. The summed E-state index contributed by atoms with van der Waals surface area (Å²) in [6.45, 7) is 4.29. The molecule has 1 heterocycles. The third kappa shape index (κ3) is 3.40. The highest BCUT2D eigenvalue weighted by Gasteiger charge is 2.12. The predicted octanol–water partition coefficient (Wildman–Crippen LogP) is 2.73. The van der Waals surface area contributed by atoms with E-state index in [4.69, 9.17) is 9.47 Å². The number of benzene rings is 2. The SMILES string of the molecule is COc1ccc(-c2nnn(Cc3cc(C)c(O)cc3C)n2)cc1OC. The molecule has 130 valence electrons. The average molecular weight is 340 g/mol. The van der Waals surface area contributed by atoms with Gasteiger partial charge in [-0.15, -0.1) is 10.2 Å². The van der Waals surface area contributed by atoms with E-state index in [0.29, 0.717) is 29.6 Å². The molecule has 0 aliphatic rings. The second-order valence-corrected chi connectivity index (χ2v) is 5.78. The third-order valence-corrected chi connectivity index (χ3v) is 4.06. The first-order valence-electron chi connectivity index (χ1n) is 7.81. The summed E-state index contributed by atoms with van der Waals surface area (Å²) in [5, 5.41) is 22.4. The fraction of sp³-hybridized carbons (Fsp3) is 0.278. The van der Waals surface area contributed by atoms with Gasteiger partial charge in [0.2, 0.25) is 5.82 Å². The van der Waals surface area contributed by atoms with Gasteiger partial charge in [0, 0.05) is 5.56 Å². The first-order valence-corrected chi connectivity index (χ1v) is 7.81. The molecular weight excluding hydrogens is 320 g/mol. The zero-order valence-electron chi connectivity index (χ0n) is 14.6. The number of rotatable bonds is 5. The third-order valence-electron chi connectivity index (χ3n) is 4.06. The Kier molecular flexibility index (Phi) is 4.56. The normalized spacial score (nSPS) is 10.7. The fourth-order valence-electron chi connectivity index (χ4n) is 2.58. The summed E-state index contributed by atoms with van der Waals surface area (Å²) >= 11 is 0. The van der Waals surface area contributed by atoms with E-state index in [0.717, 1.165) is 22.3 Å². The predicted molar refractivity (Wildman–Crippen MR) is 93.0 cm³/mol. The summed E-state index contributed by atoms with van der Waals surface area (Å²) in [6.07, 6.45) is 0. The Bertz CT molecular complexity index is 905. The van der Waals surface area contributed by atoms with Crippen molar-refractivity contribution >= 4 is 0 Å². The van der Waals surface area contributed by atoms with Gasteiger partial charge < -0.3 is 14.6 Å². The molecule has 3 aromatic rings. The van der Waals surface area contributed by atoms with Crippen LogP contribution in [0.2, 0.25) is 0 Å². The van der Waals surface area contributed by atoms with Gasteiger partial charge in [-0.2, -0.15) is 4.80 Å². The topological polar surface area (TPSA) is 82.3 Å². The number of aryl methyl sites for hydroxylation is 2. The maximum absolute atomic E-state index is 9.76. The molecule has 0 radical (unpaired) electrons. The van der Waals surface area contributed by atoms with E-state index in [9.17, 15) is 5.11 Å². The van der Waals surface area contributed by atoms with Crippen LogP contribution in [-0.4, -0.2) is 39.5 Å². The fourth-order valence-corrected chi connectivity index (χ4v) is 2.58. The molecule has 7 nitrogen and oxygen atoms in total. The molecule has 1 aromatic heterocycles. The average Bonchev–Trinajstić information content (AvgIpc) is 3.07. The van der Waals surface area contributed by atoms with Crippen LogP contribution in [-0.2, 0) is 6.54 Å². The van der Waals surface area contributed by atoms with E-state index in [2.05, 4.69) is 15.4 Å². The number of aromatic nitrogens is 4. The molecule has 25 heavy (non-hydrogen) atoms. The van der Waals surface area contributed by atoms with E-state index in [1.165, 1.54) is 4.80 Å². The summed E-state index contributed by atoms with van der Waals surface area (Å²) in [7, 11) is 3.18. The van der Waals surface area contributed by atoms with Gasteiger partial charge in [0.15, 0.2) is 11.5 Å². The van der Waals surface area contributed by atoms with E-state index in [1.807, 2.05) is 38.1 Å². The Hall–Kier alpha value is -3.09. The van der Waals surface area contributed by atoms with Gasteiger partial charge in [0.05, 0.1) is 20.8 Å². The Labute approximate surface area is 145 Å². The van der Waals surface area contributed by atoms with Gasteiger partial charge >= 0.3 is 0 Å². The molecule has 0 aliphatic heterocycles. The number of ether oxygens (including phenoxy) is 2. The van der Waals surface area contributed by atoms with E-state index in [1.54, 1.807) is 20.3 Å². The lowest BCUT2D eigenvalue weighted by Crippen LogP contribution is -2.06. The second kappa shape index (κ2) is 6.80. The maximum Gasteiger partial charge on any atom is 0.205 e. The molecule has 0 bridgehead atoms. The number of phenols is 1. The van der Waals surface area contributed by atoms with E-state index < -0.39 is 0 Å². The second-order valence-electron chi connectivity index (χ2n) is 5.78. The molecule has 7 heteroatoms. The number of phenolic OH excluding ortho intramolecular Hbond substituents is 1. The largest absolute Gasteiger partial charge is 0.508 e. The molecule has 0 saturated heterocycles. The molecular formula is C18H20N4O3. The number of methoxy groups -OCH3 is 2. The number of nitrogens with zero attached hydrogens (tertiary/aromatic N) is 4. The van der Waals surface area contributed by atoms with Crippen LogP contribution in [0.4, 0.5) is 0 Å². The standard InChI is InChI=1S/C18H20N4O3/c1-11-8-15(23)12(2)7-14(11)10-22-20-18(19-21-22)13-5-6-16(24-3)17(9-13)25-4/h5-9,23H,10H2,1-4H3. The zero-order chi connectivity index (χ0) is 18.0. The van der Waals surface area contributed by atoms with Gasteiger partial charge in [0.25, 0.3) is 0 Å². The zero-order valence-corrected chi connectivity index (χ0v) is 14.6. The number of aromatic hydroxyl groups is 1. The van der Waals surface area contributed by atoms with Crippen LogP contribution in [0.3, 0.4) is 0 Å². The van der Waals surface area contributed by atoms with Crippen molar-refractivity contribution in [2.45, 2.75) is 20.4 Å². The van der Waals surface area contributed by atoms with Crippen molar-refractivity contribution in [2.75, 3.05) is 14.2 Å². The van der Waals surface area contributed by atoms with Crippen molar-refractivity contribution in [3.63, 3.8) is 0 Å². The molecule has 0 spiro atoms. The maximum atomic E-state index is 9.76. The highest BCUT2D eigenvalue weighted by Crippen LogP contribution is 2.30. The van der Waals surface area contributed by atoms with Gasteiger partial charge in [0.1, 0.15) is 5.75 Å². The van der Waals surface area contributed by atoms with Crippen molar-refractivity contribution in [1.29, 1.82) is 0 Å². The van der Waals surface area contributed by atoms with Crippen LogP contribution < -0.4 is 9.47 Å². The van der Waals surface area contributed by atoms with Crippen LogP contribution in [0.1, 0.15) is 16.7 Å². The Morgan fingerprint density at radius 1 is 1.00 bits per heavy atom. The lowest BCUT2D eigenvalue weighted by Gasteiger charge is -2.08. The van der Waals surface area contributed by atoms with Crippen LogP contribution in [0.15, 0.2) is 30.3 Å². The summed E-state index contributed by atoms with van der Waals surface area (Å²) in [4.78, 5) is 1.53. The van der Waals surface area contributed by atoms with Crippen LogP contribution in [0, 0.1) is 13.8 Å². The van der Waals surface area contributed by atoms with Gasteiger partial charge in [-0.3, -0.25) is 0 Å². The van der Waals surface area contributed by atoms with Crippen LogP contribution >= 0.6 is 0 Å². The highest BCUT2D eigenvalue weighted by molar-refractivity contribution is 5.60. The summed E-state index contributed by atoms with van der Waals surface area (Å²) < 4.78 is 10.5. The number of hydrogen-bond acceptors (Lipinski definition) is 6. The Morgan fingerprint density at radius 3 is 2.48 bits per heavy atom. The highest BCUT2D eigenvalue weighted by atomic mass is 16.5. The van der Waals surface area contributed by atoms with Gasteiger partial charge in [-0.1, -0.05) is 6.07 Å². The monoisotopic (exact) mass is 340 g/mol. The molecule has 0 atom stereocenters. The van der Waals surface area contributed by atoms with Gasteiger partial charge in [-0.25, -0.2) is 0 Å². The smallest absolute Gasteiger partial charge is 0.205 e. The minimum absolute atomic E-state index is 0.291. The van der Waals surface area contributed by atoms with Crippen molar-refractivity contribution < 1.29 is 14.6 Å².